The molecule has 3 nitrogen and oxygen atoms in total. The zero-order valence-electron chi connectivity index (χ0n) is 13.3. The fraction of sp³-hybridized carbons (Fsp3) is 0.421. The molecule has 1 aliphatic rings. The van der Waals surface area contributed by atoms with Gasteiger partial charge in [0, 0.05) is 42.1 Å². The van der Waals surface area contributed by atoms with Gasteiger partial charge in [-0.3, -0.25) is 0 Å². The monoisotopic (exact) mass is 294 g/mol. The molecule has 1 aliphatic heterocycles. The van der Waals surface area contributed by atoms with E-state index in [4.69, 9.17) is 4.74 Å². The summed E-state index contributed by atoms with van der Waals surface area (Å²) in [5, 5.41) is 11.5. The van der Waals surface area contributed by atoms with Gasteiger partial charge in [-0.1, -0.05) is 31.2 Å². The molecule has 0 saturated carbocycles. The lowest BCUT2D eigenvalue weighted by molar-refractivity contribution is 0.0800. The summed E-state index contributed by atoms with van der Waals surface area (Å²) in [4.78, 5) is 2.45. The zero-order chi connectivity index (χ0) is 15.6. The number of rotatable bonds is 3. The second-order valence-electron chi connectivity index (χ2n) is 6.56. The van der Waals surface area contributed by atoms with E-state index in [0.29, 0.717) is 0 Å². The van der Waals surface area contributed by atoms with E-state index in [1.807, 2.05) is 24.3 Å². The van der Waals surface area contributed by atoms with Crippen LogP contribution in [0.5, 0.6) is 0 Å². The number of anilines is 1. The lowest BCUT2D eigenvalue weighted by Crippen LogP contribution is -2.44. The number of piperidine rings is 1. The minimum absolute atomic E-state index is 0.196. The molecule has 114 valence electrons. The van der Waals surface area contributed by atoms with Gasteiger partial charge in [0.1, 0.15) is 0 Å². The largest absolute Gasteiger partial charge is 0.384 e. The molecule has 0 spiro atoms. The van der Waals surface area contributed by atoms with E-state index < -0.39 is 0 Å². The van der Waals surface area contributed by atoms with Crippen LogP contribution in [0, 0.1) is 16.7 Å². The molecule has 0 bridgehead atoms. The van der Waals surface area contributed by atoms with Crippen molar-refractivity contribution in [3.8, 4) is 6.07 Å². The van der Waals surface area contributed by atoms with Crippen molar-refractivity contribution in [3.63, 3.8) is 0 Å². The van der Waals surface area contributed by atoms with Gasteiger partial charge in [0.2, 0.25) is 0 Å². The SMILES string of the molecule is COCC1(C)CCCN(c2ccc(C#N)c3ccccc23)C1. The second kappa shape index (κ2) is 5.98. The Hall–Kier alpha value is -2.05. The van der Waals surface area contributed by atoms with Crippen LogP contribution in [0.2, 0.25) is 0 Å². The summed E-state index contributed by atoms with van der Waals surface area (Å²) < 4.78 is 5.42. The van der Waals surface area contributed by atoms with Crippen molar-refractivity contribution in [2.24, 2.45) is 5.41 Å². The van der Waals surface area contributed by atoms with Crippen LogP contribution in [0.3, 0.4) is 0 Å². The normalized spacial score (nSPS) is 21.8. The van der Waals surface area contributed by atoms with E-state index in [1.165, 1.54) is 23.9 Å². The van der Waals surface area contributed by atoms with Crippen molar-refractivity contribution in [3.05, 3.63) is 42.0 Å². The molecule has 0 N–H and O–H groups in total. The summed E-state index contributed by atoms with van der Waals surface area (Å²) >= 11 is 0. The molecule has 1 saturated heterocycles. The lowest BCUT2D eigenvalue weighted by Gasteiger charge is -2.41. The van der Waals surface area contributed by atoms with E-state index in [1.54, 1.807) is 7.11 Å². The molecule has 22 heavy (non-hydrogen) atoms. The molecular formula is C19H22N2O. The quantitative estimate of drug-likeness (QED) is 0.859. The third kappa shape index (κ3) is 2.67. The number of nitrogens with zero attached hydrogens (tertiary/aromatic N) is 2. The first-order valence-electron chi connectivity index (χ1n) is 7.83. The van der Waals surface area contributed by atoms with Gasteiger partial charge in [0.15, 0.2) is 0 Å². The molecule has 3 heteroatoms. The van der Waals surface area contributed by atoms with Crippen LogP contribution >= 0.6 is 0 Å². The van der Waals surface area contributed by atoms with Crippen LogP contribution in [-0.2, 0) is 4.74 Å². The second-order valence-corrected chi connectivity index (χ2v) is 6.56. The van der Waals surface area contributed by atoms with Crippen LogP contribution in [-0.4, -0.2) is 26.8 Å². The predicted molar refractivity (Wildman–Crippen MR) is 90.1 cm³/mol. The van der Waals surface area contributed by atoms with Crippen molar-refractivity contribution >= 4 is 16.5 Å². The summed E-state index contributed by atoms with van der Waals surface area (Å²) in [6.45, 7) is 5.15. The van der Waals surface area contributed by atoms with E-state index in [2.05, 4.69) is 30.0 Å². The van der Waals surface area contributed by atoms with E-state index in [9.17, 15) is 5.26 Å². The topological polar surface area (TPSA) is 36.3 Å². The first-order valence-corrected chi connectivity index (χ1v) is 7.83. The van der Waals surface area contributed by atoms with Gasteiger partial charge in [-0.15, -0.1) is 0 Å². The Morgan fingerprint density at radius 2 is 2.00 bits per heavy atom. The molecule has 1 atom stereocenters. The minimum atomic E-state index is 0.196. The minimum Gasteiger partial charge on any atom is -0.384 e. The van der Waals surface area contributed by atoms with Gasteiger partial charge in [-0.05, 0) is 25.0 Å². The van der Waals surface area contributed by atoms with E-state index >= 15 is 0 Å². The number of hydrogen-bond donors (Lipinski definition) is 0. The highest BCUT2D eigenvalue weighted by atomic mass is 16.5. The van der Waals surface area contributed by atoms with Gasteiger partial charge < -0.3 is 9.64 Å². The Labute approximate surface area is 132 Å². The molecular weight excluding hydrogens is 272 g/mol. The number of ether oxygens (including phenoxy) is 1. The smallest absolute Gasteiger partial charge is 0.0998 e. The lowest BCUT2D eigenvalue weighted by atomic mass is 9.82. The highest BCUT2D eigenvalue weighted by Gasteiger charge is 2.31. The standard InChI is InChI=1S/C19H22N2O/c1-19(14-22-2)10-5-11-21(13-19)18-9-8-15(12-20)16-6-3-4-7-17(16)18/h3-4,6-9H,5,10-11,13-14H2,1-2H3. The van der Waals surface area contributed by atoms with Crippen molar-refractivity contribution in [2.75, 3.05) is 31.7 Å². The van der Waals surface area contributed by atoms with E-state index in [-0.39, 0.29) is 5.41 Å². The number of fused-ring (bicyclic) bond motifs is 1. The maximum absolute atomic E-state index is 9.31. The van der Waals surface area contributed by atoms with Gasteiger partial charge in [0.05, 0.1) is 18.2 Å². The Bertz CT molecular complexity index is 715. The highest BCUT2D eigenvalue weighted by Crippen LogP contribution is 2.36. The van der Waals surface area contributed by atoms with Crippen molar-refractivity contribution in [1.29, 1.82) is 5.26 Å². The summed E-state index contributed by atoms with van der Waals surface area (Å²) in [6, 6.07) is 14.5. The average molecular weight is 294 g/mol. The third-order valence-corrected chi connectivity index (χ3v) is 4.64. The molecule has 0 radical (unpaired) electrons. The molecule has 1 heterocycles. The summed E-state index contributed by atoms with van der Waals surface area (Å²) in [5.41, 5.74) is 2.18. The summed E-state index contributed by atoms with van der Waals surface area (Å²) in [5.74, 6) is 0. The Morgan fingerprint density at radius 3 is 2.73 bits per heavy atom. The number of methoxy groups -OCH3 is 1. The number of nitriles is 1. The fourth-order valence-electron chi connectivity index (χ4n) is 3.64. The molecule has 1 fully saturated rings. The van der Waals surface area contributed by atoms with Crippen LogP contribution in [0.15, 0.2) is 36.4 Å². The maximum Gasteiger partial charge on any atom is 0.0998 e. The van der Waals surface area contributed by atoms with Crippen molar-refractivity contribution < 1.29 is 4.74 Å². The molecule has 1 unspecified atom stereocenters. The van der Waals surface area contributed by atoms with Crippen LogP contribution in [0.25, 0.3) is 10.8 Å². The molecule has 0 aliphatic carbocycles. The van der Waals surface area contributed by atoms with Gasteiger partial charge in [-0.25, -0.2) is 0 Å². The maximum atomic E-state index is 9.31. The average Bonchev–Trinajstić information content (AvgIpc) is 2.53. The predicted octanol–water partition coefficient (Wildman–Crippen LogP) is 3.96. The van der Waals surface area contributed by atoms with Crippen molar-refractivity contribution in [2.45, 2.75) is 19.8 Å². The molecule has 0 aromatic heterocycles. The van der Waals surface area contributed by atoms with E-state index in [0.717, 1.165) is 30.6 Å². The first-order chi connectivity index (χ1) is 10.7. The Balaban J connectivity index is 2.02. The molecule has 2 aromatic rings. The first kappa shape index (κ1) is 14.9. The summed E-state index contributed by atoms with van der Waals surface area (Å²) in [6.07, 6.45) is 2.37. The fourth-order valence-corrected chi connectivity index (χ4v) is 3.64. The molecule has 0 amide bonds. The molecule has 2 aromatic carbocycles. The highest BCUT2D eigenvalue weighted by molar-refractivity contribution is 5.97. The van der Waals surface area contributed by atoms with Crippen LogP contribution in [0.1, 0.15) is 25.3 Å². The van der Waals surface area contributed by atoms with Gasteiger partial charge >= 0.3 is 0 Å². The van der Waals surface area contributed by atoms with Crippen molar-refractivity contribution in [1.82, 2.24) is 0 Å². The molecule has 3 rings (SSSR count). The Kier molecular flexibility index (Phi) is 4.04. The number of benzene rings is 2. The summed E-state index contributed by atoms with van der Waals surface area (Å²) in [7, 11) is 1.78. The number of hydrogen-bond acceptors (Lipinski definition) is 3. The van der Waals surface area contributed by atoms with Crippen LogP contribution in [0.4, 0.5) is 5.69 Å². The van der Waals surface area contributed by atoms with Gasteiger partial charge in [-0.2, -0.15) is 5.26 Å². The van der Waals surface area contributed by atoms with Gasteiger partial charge in [0.25, 0.3) is 0 Å². The van der Waals surface area contributed by atoms with Crippen LogP contribution < -0.4 is 4.90 Å². The third-order valence-electron chi connectivity index (χ3n) is 4.64. The Morgan fingerprint density at radius 1 is 1.23 bits per heavy atom. The zero-order valence-corrected chi connectivity index (χ0v) is 13.3.